The van der Waals surface area contributed by atoms with Crippen molar-refractivity contribution >= 4 is 46.0 Å². The lowest BCUT2D eigenvalue weighted by Gasteiger charge is -2.33. The molecule has 4 rings (SSSR count). The van der Waals surface area contributed by atoms with E-state index in [0.29, 0.717) is 6.54 Å². The fourth-order valence-electron chi connectivity index (χ4n) is 4.65. The van der Waals surface area contributed by atoms with Crippen LogP contribution in [0.4, 0.5) is 11.4 Å². The number of nitrogens with zero attached hydrogens (tertiary/aromatic N) is 2. The van der Waals surface area contributed by atoms with Gasteiger partial charge in [0.2, 0.25) is 0 Å². The van der Waals surface area contributed by atoms with E-state index in [2.05, 4.69) is 54.3 Å². The maximum Gasteiger partial charge on any atom is 0.326 e. The highest BCUT2D eigenvalue weighted by Gasteiger charge is 2.23. The lowest BCUT2D eigenvalue weighted by atomic mass is 10.0. The highest BCUT2D eigenvalue weighted by atomic mass is 32.2. The number of benzene rings is 4. The van der Waals surface area contributed by atoms with E-state index < -0.39 is 0 Å². The highest BCUT2D eigenvalue weighted by Crippen LogP contribution is 2.40. The van der Waals surface area contributed by atoms with Crippen LogP contribution in [-0.2, 0) is 25.6 Å². The van der Waals surface area contributed by atoms with Gasteiger partial charge in [0.25, 0.3) is 0 Å². The predicted octanol–water partition coefficient (Wildman–Crippen LogP) is 6.80. The molecule has 0 bridgehead atoms. The van der Waals surface area contributed by atoms with E-state index >= 15 is 0 Å². The van der Waals surface area contributed by atoms with Crippen molar-refractivity contribution in [3.63, 3.8) is 0 Å². The Morgan fingerprint density at radius 1 is 0.780 bits per heavy atom. The van der Waals surface area contributed by atoms with Gasteiger partial charge >= 0.3 is 11.9 Å². The summed E-state index contributed by atoms with van der Waals surface area (Å²) in [6.07, 6.45) is 0.250. The molecule has 0 aliphatic rings. The number of anilines is 2. The molecule has 4 aromatic carbocycles. The summed E-state index contributed by atoms with van der Waals surface area (Å²) in [5.74, 6) is 0.165. The second kappa shape index (κ2) is 13.9. The summed E-state index contributed by atoms with van der Waals surface area (Å²) in [6, 6.07) is 28.2. The van der Waals surface area contributed by atoms with Crippen LogP contribution in [-0.4, -0.2) is 45.9 Å². The monoisotopic (exact) mass is 572 g/mol. The Labute approximate surface area is 246 Å². The number of methoxy groups -OCH3 is 3. The van der Waals surface area contributed by atoms with Gasteiger partial charge in [-0.1, -0.05) is 54.1 Å². The zero-order valence-electron chi connectivity index (χ0n) is 24.1. The van der Waals surface area contributed by atoms with Crippen LogP contribution in [0.3, 0.4) is 0 Å². The molecule has 0 radical (unpaired) electrons. The average molecular weight is 573 g/mol. The number of rotatable bonds is 12. The molecule has 0 saturated heterocycles. The van der Waals surface area contributed by atoms with Crippen LogP contribution >= 0.6 is 11.9 Å². The quantitative estimate of drug-likeness (QED) is 0.136. The maximum atomic E-state index is 12.5. The third kappa shape index (κ3) is 7.52. The van der Waals surface area contributed by atoms with Gasteiger partial charge in [0, 0.05) is 33.9 Å². The number of fused-ring (bicyclic) bond motifs is 1. The van der Waals surface area contributed by atoms with E-state index in [1.54, 1.807) is 7.11 Å². The van der Waals surface area contributed by atoms with Crippen molar-refractivity contribution in [2.45, 2.75) is 37.8 Å². The van der Waals surface area contributed by atoms with E-state index in [-0.39, 0.29) is 30.9 Å². The van der Waals surface area contributed by atoms with Gasteiger partial charge in [-0.05, 0) is 67.8 Å². The van der Waals surface area contributed by atoms with Gasteiger partial charge in [-0.25, -0.2) is 0 Å². The first kappa shape index (κ1) is 29.8. The molecule has 0 N–H and O–H groups in total. The summed E-state index contributed by atoms with van der Waals surface area (Å²) in [6.45, 7) is 4.78. The number of carbonyl (C=O) groups is 2. The summed E-state index contributed by atoms with van der Waals surface area (Å²) in [7, 11) is 4.44. The number of esters is 2. The molecular weight excluding hydrogens is 536 g/mol. The summed E-state index contributed by atoms with van der Waals surface area (Å²) >= 11 is 1.46. The van der Waals surface area contributed by atoms with Crippen molar-refractivity contribution < 1.29 is 23.8 Å². The lowest BCUT2D eigenvalue weighted by Crippen LogP contribution is -2.35. The number of hydrogen-bond acceptors (Lipinski definition) is 8. The molecule has 0 fully saturated rings. The second-order valence-corrected chi connectivity index (χ2v) is 10.9. The van der Waals surface area contributed by atoms with Crippen molar-refractivity contribution in [1.29, 1.82) is 0 Å². The zero-order chi connectivity index (χ0) is 29.4. The topological polar surface area (TPSA) is 68.3 Å². The lowest BCUT2D eigenvalue weighted by molar-refractivity contribution is -0.141. The SMILES string of the molecule is COC(=O)CC(C)N(Cc1ccc(C)cc1)c1ccc(N(CC(=O)OC)Sc2ccc(OC)cc2)c2ccccc12. The number of aryl methyl sites for hydroxylation is 1. The zero-order valence-corrected chi connectivity index (χ0v) is 24.9. The van der Waals surface area contributed by atoms with E-state index in [0.717, 1.165) is 38.4 Å². The highest BCUT2D eigenvalue weighted by molar-refractivity contribution is 8.00. The molecule has 0 aliphatic carbocycles. The van der Waals surface area contributed by atoms with E-state index in [1.807, 2.05) is 53.7 Å². The Morgan fingerprint density at radius 3 is 2.00 bits per heavy atom. The van der Waals surface area contributed by atoms with Gasteiger partial charge in [-0.15, -0.1) is 0 Å². The Balaban J connectivity index is 1.79. The second-order valence-electron chi connectivity index (χ2n) is 9.77. The molecule has 4 aromatic rings. The molecule has 41 heavy (non-hydrogen) atoms. The Hall–Kier alpha value is -4.17. The molecular formula is C33H36N2O5S. The molecule has 7 nitrogen and oxygen atoms in total. The van der Waals surface area contributed by atoms with Gasteiger partial charge in [-0.3, -0.25) is 9.59 Å². The number of carbonyl (C=O) groups excluding carboxylic acids is 2. The van der Waals surface area contributed by atoms with Crippen molar-refractivity contribution in [3.8, 4) is 5.75 Å². The van der Waals surface area contributed by atoms with Crippen LogP contribution in [0, 0.1) is 6.92 Å². The van der Waals surface area contributed by atoms with Crippen molar-refractivity contribution in [2.75, 3.05) is 37.1 Å². The van der Waals surface area contributed by atoms with Crippen LogP contribution in [0.2, 0.25) is 0 Å². The fourth-order valence-corrected chi connectivity index (χ4v) is 5.59. The van der Waals surface area contributed by atoms with Crippen molar-refractivity contribution in [3.05, 3.63) is 96.1 Å². The third-order valence-electron chi connectivity index (χ3n) is 6.93. The van der Waals surface area contributed by atoms with Gasteiger partial charge in [0.05, 0.1) is 33.4 Å². The van der Waals surface area contributed by atoms with E-state index in [1.165, 1.54) is 31.7 Å². The smallest absolute Gasteiger partial charge is 0.326 e. The largest absolute Gasteiger partial charge is 0.497 e. The summed E-state index contributed by atoms with van der Waals surface area (Å²) in [4.78, 5) is 28.0. The van der Waals surface area contributed by atoms with Crippen LogP contribution in [0.25, 0.3) is 10.8 Å². The molecule has 8 heteroatoms. The van der Waals surface area contributed by atoms with E-state index in [4.69, 9.17) is 14.2 Å². The standard InChI is InChI=1S/C33H36N2O5S/c1-23-10-12-25(13-11-23)21-34(24(2)20-32(36)39-4)30-18-19-31(29-9-7-6-8-28(29)30)35(22-33(37)40-5)41-27-16-14-26(38-3)15-17-27/h6-19,24H,20-22H2,1-5H3. The Morgan fingerprint density at radius 2 is 1.39 bits per heavy atom. The summed E-state index contributed by atoms with van der Waals surface area (Å²) in [5, 5.41) is 1.99. The first-order valence-corrected chi connectivity index (χ1v) is 14.2. The van der Waals surface area contributed by atoms with E-state index in [9.17, 15) is 9.59 Å². The minimum atomic E-state index is -0.341. The maximum absolute atomic E-state index is 12.5. The molecule has 0 heterocycles. The average Bonchev–Trinajstić information content (AvgIpc) is 3.00. The Bertz CT molecular complexity index is 1470. The molecule has 0 aliphatic heterocycles. The van der Waals surface area contributed by atoms with Gasteiger partial charge in [0.15, 0.2) is 0 Å². The minimum Gasteiger partial charge on any atom is -0.497 e. The van der Waals surface area contributed by atoms with Crippen molar-refractivity contribution in [2.24, 2.45) is 0 Å². The molecule has 0 amide bonds. The fraction of sp³-hybridized carbons (Fsp3) is 0.273. The third-order valence-corrected chi connectivity index (χ3v) is 7.96. The van der Waals surface area contributed by atoms with Gasteiger partial charge < -0.3 is 23.4 Å². The molecule has 214 valence electrons. The summed E-state index contributed by atoms with van der Waals surface area (Å²) < 4.78 is 17.3. The normalized spacial score (nSPS) is 11.5. The first-order chi connectivity index (χ1) is 19.8. The van der Waals surface area contributed by atoms with Crippen LogP contribution in [0.15, 0.2) is 89.8 Å². The number of hydrogen-bond donors (Lipinski definition) is 0. The van der Waals surface area contributed by atoms with Gasteiger partial charge in [0.1, 0.15) is 12.3 Å². The molecule has 1 atom stereocenters. The number of ether oxygens (including phenoxy) is 3. The van der Waals surface area contributed by atoms with Gasteiger partial charge in [-0.2, -0.15) is 0 Å². The molecule has 0 aromatic heterocycles. The minimum absolute atomic E-state index is 0.0579. The first-order valence-electron chi connectivity index (χ1n) is 13.4. The van der Waals surface area contributed by atoms with Crippen LogP contribution < -0.4 is 13.9 Å². The molecule has 0 saturated carbocycles. The Kier molecular flexibility index (Phi) is 10.1. The van der Waals surface area contributed by atoms with Crippen molar-refractivity contribution in [1.82, 2.24) is 0 Å². The molecule has 0 spiro atoms. The summed E-state index contributed by atoms with van der Waals surface area (Å²) in [5.41, 5.74) is 4.21. The van der Waals surface area contributed by atoms with Crippen LogP contribution in [0.5, 0.6) is 5.75 Å². The van der Waals surface area contributed by atoms with Crippen LogP contribution in [0.1, 0.15) is 24.5 Å². The predicted molar refractivity (Wildman–Crippen MR) is 166 cm³/mol. The molecule has 1 unspecified atom stereocenters.